The van der Waals surface area contributed by atoms with Crippen molar-refractivity contribution in [3.8, 4) is 0 Å². The van der Waals surface area contributed by atoms with Gasteiger partial charge in [-0.2, -0.15) is 0 Å². The average Bonchev–Trinajstić information content (AvgIpc) is 3.63. The van der Waals surface area contributed by atoms with E-state index >= 15 is 0 Å². The third-order valence-electron chi connectivity index (χ3n) is 15.7. The molecule has 0 bridgehead atoms. The molecule has 0 amide bonds. The van der Waals surface area contributed by atoms with Crippen molar-refractivity contribution in [1.29, 1.82) is 0 Å². The van der Waals surface area contributed by atoms with Crippen LogP contribution in [0.1, 0.15) is 342 Å². The minimum atomic E-state index is -4.96. The van der Waals surface area contributed by atoms with Gasteiger partial charge in [-0.15, -0.1) is 0 Å². The molecule has 0 aromatic heterocycles. The first-order valence-corrected chi connectivity index (χ1v) is 39.1. The number of allylic oxidation sites excluding steroid dienone is 4. The summed E-state index contributed by atoms with van der Waals surface area (Å²) in [6.45, 7) is 4.85. The maximum atomic E-state index is 13.0. The Balaban J connectivity index is 5.25. The number of esters is 4. The number of aliphatic hydroxyl groups is 1. The van der Waals surface area contributed by atoms with Crippen LogP contribution in [-0.4, -0.2) is 96.7 Å². The Morgan fingerprint density at radius 3 is 0.820 bits per heavy atom. The highest BCUT2D eigenvalue weighted by atomic mass is 31.2. The highest BCUT2D eigenvalue weighted by Gasteiger charge is 2.30. The predicted octanol–water partition coefficient (Wildman–Crippen LogP) is 19.8. The number of aliphatic hydroxyl groups excluding tert-OH is 1. The molecule has 524 valence electrons. The van der Waals surface area contributed by atoms with E-state index in [9.17, 15) is 43.2 Å². The smallest absolute Gasteiger partial charge is 0.462 e. The highest BCUT2D eigenvalue weighted by Crippen LogP contribution is 2.45. The van der Waals surface area contributed by atoms with Gasteiger partial charge in [0.2, 0.25) is 0 Å². The van der Waals surface area contributed by atoms with E-state index < -0.39 is 97.5 Å². The standard InChI is InChI=1S/C70H132O17P2/c1-5-9-13-17-21-25-27-29-31-33-35-37-41-45-49-53-57-70(75)87-66(61-81-68(73)55-51-47-43-40-36-34-32-30-28-26-22-18-14-10-6-2)63-85-89(78,79)83-59-64(71)58-82-88(76,77)84-62-65(86-69(74)56-52-48-44-39-24-20-16-12-8-4)60-80-67(72)54-50-46-42-38-23-19-15-11-7-3/h26,28,30,32,64-66,71H,5-25,27,29,31,33-63H2,1-4H3,(H,76,77)(H,78,79)/b28-26-,32-30-/t64-,65+,66+/m0/s1. The zero-order valence-electron chi connectivity index (χ0n) is 56.9. The van der Waals surface area contributed by atoms with E-state index in [1.807, 2.05) is 0 Å². The second-order valence-electron chi connectivity index (χ2n) is 24.6. The number of hydrogen-bond acceptors (Lipinski definition) is 15. The molecule has 89 heavy (non-hydrogen) atoms. The summed E-state index contributed by atoms with van der Waals surface area (Å²) in [7, 11) is -9.90. The molecule has 0 heterocycles. The van der Waals surface area contributed by atoms with E-state index in [0.29, 0.717) is 25.7 Å². The van der Waals surface area contributed by atoms with Crippen LogP contribution in [0.2, 0.25) is 0 Å². The maximum Gasteiger partial charge on any atom is 0.472 e. The molecule has 0 aromatic carbocycles. The first-order valence-electron chi connectivity index (χ1n) is 36.1. The van der Waals surface area contributed by atoms with Gasteiger partial charge in [0.05, 0.1) is 26.4 Å². The van der Waals surface area contributed by atoms with Gasteiger partial charge in [0.25, 0.3) is 0 Å². The lowest BCUT2D eigenvalue weighted by Crippen LogP contribution is -2.30. The summed E-state index contributed by atoms with van der Waals surface area (Å²) in [5, 5.41) is 10.6. The van der Waals surface area contributed by atoms with Crippen molar-refractivity contribution in [1.82, 2.24) is 0 Å². The molecule has 0 aliphatic heterocycles. The van der Waals surface area contributed by atoms with Gasteiger partial charge in [-0.1, -0.05) is 290 Å². The Labute approximate surface area is 542 Å². The lowest BCUT2D eigenvalue weighted by atomic mass is 10.0. The number of carbonyl (C=O) groups excluding carboxylic acids is 4. The number of ether oxygens (including phenoxy) is 4. The summed E-state index contributed by atoms with van der Waals surface area (Å²) in [4.78, 5) is 72.4. The minimum Gasteiger partial charge on any atom is -0.462 e. The fourth-order valence-electron chi connectivity index (χ4n) is 10.2. The molecule has 0 fully saturated rings. The Bertz CT molecular complexity index is 1800. The van der Waals surface area contributed by atoms with Gasteiger partial charge in [0, 0.05) is 25.7 Å². The van der Waals surface area contributed by atoms with Crippen LogP contribution >= 0.6 is 15.6 Å². The normalized spacial score (nSPS) is 14.2. The fourth-order valence-corrected chi connectivity index (χ4v) is 11.7. The second kappa shape index (κ2) is 64.3. The van der Waals surface area contributed by atoms with Crippen LogP contribution in [0.15, 0.2) is 24.3 Å². The van der Waals surface area contributed by atoms with Crippen molar-refractivity contribution in [3.05, 3.63) is 24.3 Å². The summed E-state index contributed by atoms with van der Waals surface area (Å²) in [6.07, 6.45) is 54.9. The van der Waals surface area contributed by atoms with Crippen LogP contribution < -0.4 is 0 Å². The molecule has 0 saturated heterocycles. The van der Waals surface area contributed by atoms with Crippen molar-refractivity contribution in [2.75, 3.05) is 39.6 Å². The van der Waals surface area contributed by atoms with Gasteiger partial charge in [-0.3, -0.25) is 37.3 Å². The SMILES string of the molecule is CCCCCC/C=C\C=C/CCCCCCCC(=O)OC[C@H](COP(=O)(O)OC[C@@H](O)COP(=O)(O)OC[C@@H](COC(=O)CCCCCCCCCCC)OC(=O)CCCCCCCCCCC)OC(=O)CCCCCCCCCCCCCCCCCC. The number of rotatable bonds is 69. The third-order valence-corrected chi connectivity index (χ3v) is 17.6. The lowest BCUT2D eigenvalue weighted by Gasteiger charge is -2.21. The molecule has 0 spiro atoms. The van der Waals surface area contributed by atoms with Crippen LogP contribution in [0.25, 0.3) is 0 Å². The molecule has 17 nitrogen and oxygen atoms in total. The van der Waals surface area contributed by atoms with E-state index in [2.05, 4.69) is 52.0 Å². The largest absolute Gasteiger partial charge is 0.472 e. The van der Waals surface area contributed by atoms with Crippen LogP contribution in [0, 0.1) is 0 Å². The average molecular weight is 1310 g/mol. The van der Waals surface area contributed by atoms with E-state index in [4.69, 9.17) is 37.0 Å². The first kappa shape index (κ1) is 86.5. The molecule has 19 heteroatoms. The third kappa shape index (κ3) is 64.1. The second-order valence-corrected chi connectivity index (χ2v) is 27.5. The van der Waals surface area contributed by atoms with E-state index in [-0.39, 0.29) is 25.7 Å². The number of carbonyl (C=O) groups is 4. The summed E-state index contributed by atoms with van der Waals surface area (Å²) in [6, 6.07) is 0. The van der Waals surface area contributed by atoms with E-state index in [1.165, 1.54) is 154 Å². The van der Waals surface area contributed by atoms with E-state index in [0.717, 1.165) is 109 Å². The molecule has 2 unspecified atom stereocenters. The molecule has 0 radical (unpaired) electrons. The Morgan fingerprint density at radius 1 is 0.315 bits per heavy atom. The van der Waals surface area contributed by atoms with Gasteiger partial charge in [0.15, 0.2) is 12.2 Å². The van der Waals surface area contributed by atoms with Crippen molar-refractivity contribution in [2.45, 2.75) is 361 Å². The molecular formula is C70H132O17P2. The number of hydrogen-bond donors (Lipinski definition) is 3. The quantitative estimate of drug-likeness (QED) is 0.0169. The van der Waals surface area contributed by atoms with Crippen LogP contribution in [0.5, 0.6) is 0 Å². The van der Waals surface area contributed by atoms with Crippen molar-refractivity contribution >= 4 is 39.5 Å². The molecule has 5 atom stereocenters. The monoisotopic (exact) mass is 1310 g/mol. The molecule has 0 aromatic rings. The van der Waals surface area contributed by atoms with Crippen molar-refractivity contribution < 1.29 is 80.2 Å². The Morgan fingerprint density at radius 2 is 0.539 bits per heavy atom. The molecular weight excluding hydrogens is 1170 g/mol. The predicted molar refractivity (Wildman–Crippen MR) is 358 cm³/mol. The van der Waals surface area contributed by atoms with Crippen LogP contribution in [-0.2, 0) is 65.4 Å². The topological polar surface area (TPSA) is 237 Å². The summed E-state index contributed by atoms with van der Waals surface area (Å²) in [5.41, 5.74) is 0. The Hall–Kier alpha value is -2.46. The molecule has 0 aliphatic rings. The van der Waals surface area contributed by atoms with Crippen molar-refractivity contribution in [2.24, 2.45) is 0 Å². The first-order chi connectivity index (χ1) is 43.2. The van der Waals surface area contributed by atoms with Crippen LogP contribution in [0.4, 0.5) is 0 Å². The summed E-state index contributed by atoms with van der Waals surface area (Å²) >= 11 is 0. The zero-order chi connectivity index (χ0) is 65.4. The number of unbranched alkanes of at least 4 members (excludes halogenated alkanes) is 40. The fraction of sp³-hybridized carbons (Fsp3) is 0.886. The lowest BCUT2D eigenvalue weighted by molar-refractivity contribution is -0.161. The molecule has 0 saturated carbocycles. The molecule has 0 aliphatic carbocycles. The summed E-state index contributed by atoms with van der Waals surface area (Å²) in [5.74, 6) is -2.15. The Kier molecular flexibility index (Phi) is 62.5. The van der Waals surface area contributed by atoms with Crippen molar-refractivity contribution in [3.63, 3.8) is 0 Å². The molecule has 0 rings (SSSR count). The minimum absolute atomic E-state index is 0.102. The van der Waals surface area contributed by atoms with Gasteiger partial charge in [-0.05, 0) is 51.4 Å². The van der Waals surface area contributed by atoms with Gasteiger partial charge < -0.3 is 33.8 Å². The maximum absolute atomic E-state index is 13.0. The van der Waals surface area contributed by atoms with Gasteiger partial charge >= 0.3 is 39.5 Å². The van der Waals surface area contributed by atoms with Crippen LogP contribution in [0.3, 0.4) is 0 Å². The number of phosphoric acid groups is 2. The zero-order valence-corrected chi connectivity index (χ0v) is 58.7. The van der Waals surface area contributed by atoms with Gasteiger partial charge in [0.1, 0.15) is 19.3 Å². The van der Waals surface area contributed by atoms with E-state index in [1.54, 1.807) is 0 Å². The number of phosphoric ester groups is 2. The van der Waals surface area contributed by atoms with Gasteiger partial charge in [-0.25, -0.2) is 9.13 Å². The molecule has 3 N–H and O–H groups in total. The summed E-state index contributed by atoms with van der Waals surface area (Å²) < 4.78 is 68.1. The highest BCUT2D eigenvalue weighted by molar-refractivity contribution is 7.47.